The molecule has 4 heteroatoms. The van der Waals surface area contributed by atoms with Crippen LogP contribution in [0.15, 0.2) is 43.0 Å². The van der Waals surface area contributed by atoms with E-state index in [0.29, 0.717) is 5.92 Å². The SMILES string of the molecule is OC1CCCCC1CNCc1ccc(-n2ccnc2)cc1. The molecule has 0 aliphatic heterocycles. The highest BCUT2D eigenvalue weighted by Gasteiger charge is 2.22. The number of hydrogen-bond acceptors (Lipinski definition) is 3. The van der Waals surface area contributed by atoms with Crippen molar-refractivity contribution in [2.75, 3.05) is 6.54 Å². The Balaban J connectivity index is 1.49. The molecule has 1 fully saturated rings. The molecule has 1 aromatic carbocycles. The number of aromatic nitrogens is 2. The minimum absolute atomic E-state index is 0.116. The molecule has 2 atom stereocenters. The van der Waals surface area contributed by atoms with Gasteiger partial charge in [0.15, 0.2) is 0 Å². The van der Waals surface area contributed by atoms with Crippen LogP contribution in [-0.4, -0.2) is 27.3 Å². The lowest BCUT2D eigenvalue weighted by Gasteiger charge is -2.27. The van der Waals surface area contributed by atoms with Crippen molar-refractivity contribution in [3.63, 3.8) is 0 Å². The fourth-order valence-corrected chi connectivity index (χ4v) is 3.03. The van der Waals surface area contributed by atoms with Crippen LogP contribution < -0.4 is 5.32 Å². The summed E-state index contributed by atoms with van der Waals surface area (Å²) in [7, 11) is 0. The van der Waals surface area contributed by atoms with Crippen LogP contribution >= 0.6 is 0 Å². The lowest BCUT2D eigenvalue weighted by Crippen LogP contribution is -2.33. The molecule has 1 aliphatic rings. The fraction of sp³-hybridized carbons (Fsp3) is 0.471. The molecule has 1 aliphatic carbocycles. The van der Waals surface area contributed by atoms with Gasteiger partial charge >= 0.3 is 0 Å². The van der Waals surface area contributed by atoms with E-state index in [1.165, 1.54) is 18.4 Å². The number of nitrogens with one attached hydrogen (secondary N) is 1. The third kappa shape index (κ3) is 3.71. The summed E-state index contributed by atoms with van der Waals surface area (Å²) < 4.78 is 2.00. The predicted molar refractivity (Wildman–Crippen MR) is 83.2 cm³/mol. The summed E-state index contributed by atoms with van der Waals surface area (Å²) >= 11 is 0. The van der Waals surface area contributed by atoms with E-state index in [1.54, 1.807) is 12.5 Å². The van der Waals surface area contributed by atoms with Gasteiger partial charge in [-0.15, -0.1) is 0 Å². The van der Waals surface area contributed by atoms with Gasteiger partial charge < -0.3 is 15.0 Å². The molecule has 1 heterocycles. The molecule has 0 amide bonds. The van der Waals surface area contributed by atoms with Gasteiger partial charge in [0, 0.05) is 31.2 Å². The van der Waals surface area contributed by atoms with Gasteiger partial charge in [0.25, 0.3) is 0 Å². The third-order valence-corrected chi connectivity index (χ3v) is 4.34. The molecular weight excluding hydrogens is 262 g/mol. The number of nitrogens with zero attached hydrogens (tertiary/aromatic N) is 2. The molecular formula is C17H23N3O. The van der Waals surface area contributed by atoms with Gasteiger partial charge in [-0.1, -0.05) is 25.0 Å². The second-order valence-electron chi connectivity index (χ2n) is 5.88. The van der Waals surface area contributed by atoms with Gasteiger partial charge in [0.1, 0.15) is 0 Å². The van der Waals surface area contributed by atoms with E-state index < -0.39 is 0 Å². The molecule has 21 heavy (non-hydrogen) atoms. The zero-order chi connectivity index (χ0) is 14.5. The van der Waals surface area contributed by atoms with Crippen LogP contribution in [0.25, 0.3) is 5.69 Å². The number of rotatable bonds is 5. The van der Waals surface area contributed by atoms with Crippen LogP contribution in [0, 0.1) is 5.92 Å². The summed E-state index contributed by atoms with van der Waals surface area (Å²) in [6, 6.07) is 8.49. The zero-order valence-electron chi connectivity index (χ0n) is 12.3. The largest absolute Gasteiger partial charge is 0.393 e. The molecule has 1 aromatic heterocycles. The average Bonchev–Trinajstić information content (AvgIpc) is 3.04. The number of benzene rings is 1. The number of imidazole rings is 1. The van der Waals surface area contributed by atoms with E-state index in [-0.39, 0.29) is 6.10 Å². The van der Waals surface area contributed by atoms with Gasteiger partial charge in [-0.25, -0.2) is 4.98 Å². The van der Waals surface area contributed by atoms with Crippen LogP contribution in [0.2, 0.25) is 0 Å². The second-order valence-corrected chi connectivity index (χ2v) is 5.88. The van der Waals surface area contributed by atoms with E-state index in [1.807, 2.05) is 10.8 Å². The summed E-state index contributed by atoms with van der Waals surface area (Å²) in [4.78, 5) is 4.06. The van der Waals surface area contributed by atoms with Gasteiger partial charge in [-0.05, 0) is 36.5 Å². The van der Waals surface area contributed by atoms with Crippen molar-refractivity contribution in [2.24, 2.45) is 5.92 Å². The lowest BCUT2D eigenvalue weighted by molar-refractivity contribution is 0.0695. The molecule has 3 rings (SSSR count). The third-order valence-electron chi connectivity index (χ3n) is 4.34. The highest BCUT2D eigenvalue weighted by Crippen LogP contribution is 2.23. The lowest BCUT2D eigenvalue weighted by atomic mass is 9.86. The molecule has 0 bridgehead atoms. The van der Waals surface area contributed by atoms with E-state index >= 15 is 0 Å². The molecule has 0 radical (unpaired) electrons. The first-order valence-electron chi connectivity index (χ1n) is 7.79. The van der Waals surface area contributed by atoms with Crippen LogP contribution in [0.1, 0.15) is 31.2 Å². The maximum absolute atomic E-state index is 9.96. The molecule has 2 N–H and O–H groups in total. The van der Waals surface area contributed by atoms with Gasteiger partial charge in [-0.2, -0.15) is 0 Å². The van der Waals surface area contributed by atoms with Crippen molar-refractivity contribution in [1.29, 1.82) is 0 Å². The molecule has 2 unspecified atom stereocenters. The van der Waals surface area contributed by atoms with Crippen LogP contribution in [0.4, 0.5) is 0 Å². The average molecular weight is 285 g/mol. The van der Waals surface area contributed by atoms with Gasteiger partial charge in [0.2, 0.25) is 0 Å². The van der Waals surface area contributed by atoms with Crippen molar-refractivity contribution >= 4 is 0 Å². The van der Waals surface area contributed by atoms with E-state index in [2.05, 4.69) is 34.6 Å². The normalized spacial score (nSPS) is 22.3. The van der Waals surface area contributed by atoms with Crippen molar-refractivity contribution in [3.05, 3.63) is 48.5 Å². The van der Waals surface area contributed by atoms with Gasteiger partial charge in [0.05, 0.1) is 12.4 Å². The molecule has 112 valence electrons. The molecule has 0 saturated heterocycles. The summed E-state index contributed by atoms with van der Waals surface area (Å²) in [5.41, 5.74) is 2.39. The number of aliphatic hydroxyl groups excluding tert-OH is 1. The Kier molecular flexibility index (Phi) is 4.68. The Morgan fingerprint density at radius 3 is 2.71 bits per heavy atom. The maximum Gasteiger partial charge on any atom is 0.0991 e. The van der Waals surface area contributed by atoms with E-state index in [9.17, 15) is 5.11 Å². The smallest absolute Gasteiger partial charge is 0.0991 e. The summed E-state index contributed by atoms with van der Waals surface area (Å²) in [5, 5.41) is 13.4. The van der Waals surface area contributed by atoms with Crippen molar-refractivity contribution < 1.29 is 5.11 Å². The Bertz CT molecular complexity index is 536. The topological polar surface area (TPSA) is 50.1 Å². The first-order valence-corrected chi connectivity index (χ1v) is 7.79. The first kappa shape index (κ1) is 14.3. The van der Waals surface area contributed by atoms with E-state index in [4.69, 9.17) is 0 Å². The zero-order valence-corrected chi connectivity index (χ0v) is 12.3. The Morgan fingerprint density at radius 1 is 1.19 bits per heavy atom. The highest BCUT2D eigenvalue weighted by atomic mass is 16.3. The first-order chi connectivity index (χ1) is 10.3. The highest BCUT2D eigenvalue weighted by molar-refractivity contribution is 5.34. The maximum atomic E-state index is 9.96. The number of aliphatic hydroxyl groups is 1. The molecule has 2 aromatic rings. The Hall–Kier alpha value is -1.65. The van der Waals surface area contributed by atoms with Crippen molar-refractivity contribution in [3.8, 4) is 5.69 Å². The molecule has 0 spiro atoms. The summed E-state index contributed by atoms with van der Waals surface area (Å²) in [6.45, 7) is 1.76. The minimum Gasteiger partial charge on any atom is -0.393 e. The van der Waals surface area contributed by atoms with Crippen LogP contribution in [-0.2, 0) is 6.54 Å². The molecule has 4 nitrogen and oxygen atoms in total. The van der Waals surface area contributed by atoms with Crippen LogP contribution in [0.3, 0.4) is 0 Å². The van der Waals surface area contributed by atoms with Crippen LogP contribution in [0.5, 0.6) is 0 Å². The quantitative estimate of drug-likeness (QED) is 0.887. The van der Waals surface area contributed by atoms with Gasteiger partial charge in [-0.3, -0.25) is 0 Å². The predicted octanol–water partition coefficient (Wildman–Crippen LogP) is 2.51. The molecule has 1 saturated carbocycles. The minimum atomic E-state index is -0.116. The Morgan fingerprint density at radius 2 is 2.00 bits per heavy atom. The van der Waals surface area contributed by atoms with Crippen molar-refractivity contribution in [2.45, 2.75) is 38.3 Å². The monoisotopic (exact) mass is 285 g/mol. The van der Waals surface area contributed by atoms with Crippen molar-refractivity contribution in [1.82, 2.24) is 14.9 Å². The van der Waals surface area contributed by atoms with E-state index in [0.717, 1.165) is 31.6 Å². The second kappa shape index (κ2) is 6.87. The Labute approximate surface area is 125 Å². The number of hydrogen-bond donors (Lipinski definition) is 2. The summed E-state index contributed by atoms with van der Waals surface area (Å²) in [6.07, 6.45) is 9.95. The fourth-order valence-electron chi connectivity index (χ4n) is 3.03. The summed E-state index contributed by atoms with van der Waals surface area (Å²) in [5.74, 6) is 0.420. The standard InChI is InChI=1S/C17H23N3O/c21-17-4-2-1-3-15(17)12-19-11-14-5-7-16(8-6-14)20-10-9-18-13-20/h5-10,13,15,17,19,21H,1-4,11-12H2.